The van der Waals surface area contributed by atoms with Crippen LogP contribution in [0.25, 0.3) is 0 Å². The van der Waals surface area contributed by atoms with Crippen LogP contribution in [-0.2, 0) is 0 Å². The van der Waals surface area contributed by atoms with Gasteiger partial charge in [-0.2, -0.15) is 5.10 Å². The molecular weight excluding hydrogens is 274 g/mol. The molecule has 0 bridgehead atoms. The zero-order valence-electron chi connectivity index (χ0n) is 13.9. The highest BCUT2D eigenvalue weighted by atomic mass is 16.2. The lowest BCUT2D eigenvalue weighted by molar-refractivity contribution is 0.195. The zero-order valence-corrected chi connectivity index (χ0v) is 13.9. The highest BCUT2D eigenvalue weighted by molar-refractivity contribution is 6.02. The van der Waals surface area contributed by atoms with Gasteiger partial charge in [0.05, 0.1) is 11.8 Å². The van der Waals surface area contributed by atoms with Crippen molar-refractivity contribution >= 4 is 11.7 Å². The first-order valence-electron chi connectivity index (χ1n) is 8.23. The minimum Gasteiger partial charge on any atom is -0.350 e. The Balaban J connectivity index is 2.39. The summed E-state index contributed by atoms with van der Waals surface area (Å²) < 4.78 is 0. The summed E-state index contributed by atoms with van der Waals surface area (Å²) in [6.07, 6.45) is 6.03. The average molecular weight is 301 g/mol. The van der Waals surface area contributed by atoms with Gasteiger partial charge >= 0.3 is 6.03 Å². The largest absolute Gasteiger partial charge is 0.350 e. The lowest BCUT2D eigenvalue weighted by Gasteiger charge is -2.27. The zero-order chi connectivity index (χ0) is 16.1. The van der Waals surface area contributed by atoms with Crippen molar-refractivity contribution in [2.45, 2.75) is 58.9 Å². The number of urea groups is 1. The van der Waals surface area contributed by atoms with E-state index in [0.29, 0.717) is 5.92 Å². The van der Waals surface area contributed by atoms with Crippen molar-refractivity contribution in [2.24, 2.45) is 16.8 Å². The number of hydrogen-bond acceptors (Lipinski definition) is 2. The highest BCUT2D eigenvalue weighted by Crippen LogP contribution is 2.28. The summed E-state index contributed by atoms with van der Waals surface area (Å²) in [5.74, 6) is 0.414. The van der Waals surface area contributed by atoms with Crippen LogP contribution in [0.3, 0.4) is 0 Å². The number of hydrazone groups is 1. The van der Waals surface area contributed by atoms with E-state index in [0.717, 1.165) is 24.1 Å². The molecule has 1 aromatic carbocycles. The lowest BCUT2D eigenvalue weighted by atomic mass is 9.83. The molecule has 0 heterocycles. The van der Waals surface area contributed by atoms with E-state index in [2.05, 4.69) is 36.3 Å². The fourth-order valence-electron chi connectivity index (χ4n) is 3.01. The van der Waals surface area contributed by atoms with Crippen molar-refractivity contribution in [2.75, 3.05) is 0 Å². The van der Waals surface area contributed by atoms with E-state index in [1.54, 1.807) is 0 Å². The molecule has 0 aliphatic heterocycles. The minimum atomic E-state index is -0.490. The number of benzene rings is 1. The SMILES string of the molecule is Cc1ccc(/C(=N\N(C(N)=O)C(C)C)C2CCCCC2)cc1. The molecule has 0 aromatic heterocycles. The van der Waals surface area contributed by atoms with Gasteiger partial charge in [0, 0.05) is 5.92 Å². The molecule has 120 valence electrons. The third kappa shape index (κ3) is 4.09. The van der Waals surface area contributed by atoms with E-state index >= 15 is 0 Å². The first-order valence-corrected chi connectivity index (χ1v) is 8.23. The Morgan fingerprint density at radius 1 is 1.18 bits per heavy atom. The van der Waals surface area contributed by atoms with Gasteiger partial charge in [0.2, 0.25) is 0 Å². The third-order valence-corrected chi connectivity index (χ3v) is 4.27. The average Bonchev–Trinajstić information content (AvgIpc) is 2.49. The Morgan fingerprint density at radius 3 is 2.27 bits per heavy atom. The monoisotopic (exact) mass is 301 g/mol. The van der Waals surface area contributed by atoms with Crippen molar-refractivity contribution in [3.63, 3.8) is 0 Å². The number of nitrogens with two attached hydrogens (primary N) is 1. The number of nitrogens with zero attached hydrogens (tertiary/aromatic N) is 2. The fraction of sp³-hybridized carbons (Fsp3) is 0.556. The molecule has 1 fully saturated rings. The van der Waals surface area contributed by atoms with Crippen LogP contribution in [0.1, 0.15) is 57.1 Å². The number of carbonyl (C=O) groups is 1. The van der Waals surface area contributed by atoms with E-state index in [9.17, 15) is 4.79 Å². The summed E-state index contributed by atoms with van der Waals surface area (Å²) in [4.78, 5) is 11.7. The Morgan fingerprint density at radius 2 is 1.77 bits per heavy atom. The second kappa shape index (κ2) is 7.43. The van der Waals surface area contributed by atoms with Gasteiger partial charge in [-0.05, 0) is 39.2 Å². The second-order valence-corrected chi connectivity index (χ2v) is 6.46. The van der Waals surface area contributed by atoms with Crippen molar-refractivity contribution in [3.8, 4) is 0 Å². The van der Waals surface area contributed by atoms with Crippen LogP contribution >= 0.6 is 0 Å². The van der Waals surface area contributed by atoms with Gasteiger partial charge in [-0.1, -0.05) is 49.1 Å². The molecule has 1 aliphatic carbocycles. The number of hydrogen-bond donors (Lipinski definition) is 1. The van der Waals surface area contributed by atoms with Gasteiger partial charge in [0.1, 0.15) is 0 Å². The Hall–Kier alpha value is -1.84. The number of primary amides is 1. The normalized spacial score (nSPS) is 16.8. The van der Waals surface area contributed by atoms with Gasteiger partial charge < -0.3 is 5.73 Å². The van der Waals surface area contributed by atoms with Gasteiger partial charge in [-0.25, -0.2) is 9.80 Å². The first-order chi connectivity index (χ1) is 10.5. The van der Waals surface area contributed by atoms with Crippen LogP contribution in [0.2, 0.25) is 0 Å². The summed E-state index contributed by atoms with van der Waals surface area (Å²) in [7, 11) is 0. The summed E-state index contributed by atoms with van der Waals surface area (Å²) >= 11 is 0. The molecule has 2 amide bonds. The van der Waals surface area contributed by atoms with Crippen molar-refractivity contribution in [3.05, 3.63) is 35.4 Å². The predicted molar refractivity (Wildman–Crippen MR) is 90.8 cm³/mol. The molecule has 22 heavy (non-hydrogen) atoms. The highest BCUT2D eigenvalue weighted by Gasteiger charge is 2.23. The Labute approximate surface area is 133 Å². The molecule has 4 nitrogen and oxygen atoms in total. The summed E-state index contributed by atoms with van der Waals surface area (Å²) in [5.41, 5.74) is 8.83. The smallest absolute Gasteiger partial charge is 0.335 e. The van der Waals surface area contributed by atoms with Gasteiger partial charge in [0.15, 0.2) is 0 Å². The number of rotatable bonds is 4. The van der Waals surface area contributed by atoms with E-state index < -0.39 is 6.03 Å². The molecule has 0 radical (unpaired) electrons. The van der Waals surface area contributed by atoms with E-state index in [1.165, 1.54) is 29.8 Å². The Bertz CT molecular complexity index is 528. The molecule has 4 heteroatoms. The van der Waals surface area contributed by atoms with Crippen molar-refractivity contribution in [1.82, 2.24) is 5.01 Å². The second-order valence-electron chi connectivity index (χ2n) is 6.46. The molecule has 1 aromatic rings. The predicted octanol–water partition coefficient (Wildman–Crippen LogP) is 4.07. The van der Waals surface area contributed by atoms with Crippen LogP contribution in [0.15, 0.2) is 29.4 Å². The van der Waals surface area contributed by atoms with Gasteiger partial charge in [-0.15, -0.1) is 0 Å². The first kappa shape index (κ1) is 16.5. The molecule has 0 saturated heterocycles. The molecule has 2 rings (SSSR count). The molecule has 0 unspecified atom stereocenters. The van der Waals surface area contributed by atoms with Crippen LogP contribution in [-0.4, -0.2) is 22.8 Å². The molecule has 0 spiro atoms. The number of carbonyl (C=O) groups excluding carboxylic acids is 1. The molecule has 0 atom stereocenters. The molecule has 1 aliphatic rings. The fourth-order valence-corrected chi connectivity index (χ4v) is 3.01. The summed E-state index contributed by atoms with van der Waals surface area (Å²) in [5, 5.41) is 6.08. The van der Waals surface area contributed by atoms with Gasteiger partial charge in [0.25, 0.3) is 0 Å². The van der Waals surface area contributed by atoms with Crippen LogP contribution < -0.4 is 5.73 Å². The standard InChI is InChI=1S/C18H27N3O/c1-13(2)21(18(19)22)20-17(15-7-5-4-6-8-15)16-11-9-14(3)10-12-16/h9-13,15H,4-8H2,1-3H3,(H2,19,22)/b20-17-. The van der Waals surface area contributed by atoms with Crippen LogP contribution in [0.4, 0.5) is 4.79 Å². The van der Waals surface area contributed by atoms with Crippen LogP contribution in [0, 0.1) is 12.8 Å². The Kier molecular flexibility index (Phi) is 5.58. The maximum absolute atomic E-state index is 11.7. The van der Waals surface area contributed by atoms with E-state index in [-0.39, 0.29) is 6.04 Å². The van der Waals surface area contributed by atoms with Crippen molar-refractivity contribution < 1.29 is 4.79 Å². The number of amides is 2. The quantitative estimate of drug-likeness (QED) is 0.661. The minimum absolute atomic E-state index is 0.0402. The topological polar surface area (TPSA) is 58.7 Å². The molecule has 1 saturated carbocycles. The van der Waals surface area contributed by atoms with Crippen LogP contribution in [0.5, 0.6) is 0 Å². The summed E-state index contributed by atoms with van der Waals surface area (Å²) in [6, 6.07) is 7.86. The maximum atomic E-state index is 11.7. The molecular formula is C18H27N3O. The van der Waals surface area contributed by atoms with E-state index in [1.807, 2.05) is 13.8 Å². The maximum Gasteiger partial charge on any atom is 0.335 e. The number of aryl methyl sites for hydroxylation is 1. The molecule has 2 N–H and O–H groups in total. The summed E-state index contributed by atoms with van der Waals surface area (Å²) in [6.45, 7) is 5.94. The van der Waals surface area contributed by atoms with Gasteiger partial charge in [-0.3, -0.25) is 0 Å². The lowest BCUT2D eigenvalue weighted by Crippen LogP contribution is -2.38. The van der Waals surface area contributed by atoms with Crippen molar-refractivity contribution in [1.29, 1.82) is 0 Å². The third-order valence-electron chi connectivity index (χ3n) is 4.27. The van der Waals surface area contributed by atoms with E-state index in [4.69, 9.17) is 5.73 Å².